The van der Waals surface area contributed by atoms with Crippen molar-refractivity contribution in [3.05, 3.63) is 65.3 Å². The molecule has 2 aromatic carbocycles. The second-order valence-electron chi connectivity index (χ2n) is 5.63. The molecule has 0 aliphatic carbocycles. The van der Waals surface area contributed by atoms with E-state index in [0.717, 1.165) is 44.2 Å². The van der Waals surface area contributed by atoms with Crippen LogP contribution in [0.2, 0.25) is 0 Å². The number of hydrogen-bond donors (Lipinski definition) is 0. The van der Waals surface area contributed by atoms with Gasteiger partial charge in [0.25, 0.3) is 0 Å². The Morgan fingerprint density at radius 1 is 1.15 bits per heavy atom. The molecule has 5 nitrogen and oxygen atoms in total. The zero-order valence-corrected chi connectivity index (χ0v) is 15.5. The van der Waals surface area contributed by atoms with Gasteiger partial charge in [-0.25, -0.2) is 12.8 Å². The molecule has 0 bridgehead atoms. The fraction of sp³-hybridized carbons (Fsp3) is 0.167. The number of carbonyl (C=O) groups excluding carboxylic acids is 1. The largest absolute Gasteiger partial charge is 0.460 e. The van der Waals surface area contributed by atoms with Crippen LogP contribution in [0.15, 0.2) is 58.8 Å². The first-order valence-corrected chi connectivity index (χ1v) is 10.0. The summed E-state index contributed by atoms with van der Waals surface area (Å²) in [5.41, 5.74) is 0.878. The van der Waals surface area contributed by atoms with Crippen molar-refractivity contribution >= 4 is 37.4 Å². The van der Waals surface area contributed by atoms with Crippen LogP contribution in [0.4, 0.5) is 4.39 Å². The van der Waals surface area contributed by atoms with E-state index in [9.17, 15) is 17.6 Å². The topological polar surface area (TPSA) is 63.7 Å². The number of thiophene rings is 1. The van der Waals surface area contributed by atoms with Gasteiger partial charge in [-0.2, -0.15) is 4.31 Å². The molecule has 1 heterocycles. The predicted molar refractivity (Wildman–Crippen MR) is 97.8 cm³/mol. The van der Waals surface area contributed by atoms with E-state index in [0.29, 0.717) is 0 Å². The molecule has 3 aromatic rings. The normalized spacial score (nSPS) is 11.8. The maximum atomic E-state index is 13.0. The molecule has 0 saturated heterocycles. The monoisotopic (exact) mass is 393 g/mol. The molecule has 1 aromatic heterocycles. The van der Waals surface area contributed by atoms with Crippen molar-refractivity contribution in [1.82, 2.24) is 4.31 Å². The third-order valence-electron chi connectivity index (χ3n) is 3.82. The summed E-state index contributed by atoms with van der Waals surface area (Å²) < 4.78 is 44.9. The van der Waals surface area contributed by atoms with Gasteiger partial charge in [0.1, 0.15) is 19.0 Å². The Labute approximate surface area is 154 Å². The van der Waals surface area contributed by atoms with Gasteiger partial charge in [-0.05, 0) is 41.1 Å². The van der Waals surface area contributed by atoms with Crippen molar-refractivity contribution in [1.29, 1.82) is 0 Å². The molecule has 0 spiro atoms. The number of likely N-dealkylation sites (N-methyl/N-ethyl adjacent to an activating group) is 1. The molecule has 0 saturated carbocycles. The van der Waals surface area contributed by atoms with Gasteiger partial charge >= 0.3 is 5.97 Å². The Bertz CT molecular complexity index is 1030. The third kappa shape index (κ3) is 3.92. The molecule has 0 radical (unpaired) electrons. The Balaban J connectivity index is 1.63. The van der Waals surface area contributed by atoms with Crippen molar-refractivity contribution in [2.45, 2.75) is 11.5 Å². The van der Waals surface area contributed by atoms with Crippen LogP contribution >= 0.6 is 11.3 Å². The van der Waals surface area contributed by atoms with E-state index in [1.807, 2.05) is 29.6 Å². The standard InChI is InChI=1S/C18H16FNO4S2/c1-20(26(22,23)15-8-6-14(19)7-9-15)10-18(21)24-11-13-12-25-17-5-3-2-4-16(13)17/h2-9,12H,10-11H2,1H3. The van der Waals surface area contributed by atoms with Crippen LogP contribution < -0.4 is 0 Å². The minimum absolute atomic E-state index is 0.0767. The highest BCUT2D eigenvalue weighted by molar-refractivity contribution is 7.89. The highest BCUT2D eigenvalue weighted by atomic mass is 32.2. The minimum atomic E-state index is -3.89. The lowest BCUT2D eigenvalue weighted by atomic mass is 10.2. The molecule has 0 atom stereocenters. The van der Waals surface area contributed by atoms with Gasteiger partial charge in [0.05, 0.1) is 4.90 Å². The zero-order chi connectivity index (χ0) is 18.7. The molecule has 0 N–H and O–H groups in total. The summed E-state index contributed by atoms with van der Waals surface area (Å²) >= 11 is 1.55. The second kappa shape index (κ2) is 7.53. The Morgan fingerprint density at radius 3 is 2.58 bits per heavy atom. The van der Waals surface area contributed by atoms with E-state index in [4.69, 9.17) is 4.74 Å². The van der Waals surface area contributed by atoms with Crippen LogP contribution in [0.5, 0.6) is 0 Å². The summed E-state index contributed by atoms with van der Waals surface area (Å²) in [5.74, 6) is -1.19. The number of carbonyl (C=O) groups is 1. The summed E-state index contributed by atoms with van der Waals surface area (Å²) in [6, 6.07) is 12.2. The van der Waals surface area contributed by atoms with E-state index in [1.165, 1.54) is 7.05 Å². The molecule has 8 heteroatoms. The predicted octanol–water partition coefficient (Wildman–Crippen LogP) is 3.40. The van der Waals surface area contributed by atoms with Gasteiger partial charge in [0, 0.05) is 17.3 Å². The average molecular weight is 393 g/mol. The van der Waals surface area contributed by atoms with E-state index in [1.54, 1.807) is 11.3 Å². The number of fused-ring (bicyclic) bond motifs is 1. The van der Waals surface area contributed by atoms with Crippen molar-refractivity contribution in [3.8, 4) is 0 Å². The first-order valence-electron chi connectivity index (χ1n) is 7.70. The Hall–Kier alpha value is -2.29. The molecular weight excluding hydrogens is 377 g/mol. The zero-order valence-electron chi connectivity index (χ0n) is 13.9. The molecule has 0 fully saturated rings. The number of esters is 1. The van der Waals surface area contributed by atoms with E-state index in [-0.39, 0.29) is 11.5 Å². The lowest BCUT2D eigenvalue weighted by Crippen LogP contribution is -2.33. The van der Waals surface area contributed by atoms with Crippen molar-refractivity contribution in [2.24, 2.45) is 0 Å². The molecule has 136 valence electrons. The molecule has 0 aliphatic rings. The molecule has 26 heavy (non-hydrogen) atoms. The minimum Gasteiger partial charge on any atom is -0.460 e. The SMILES string of the molecule is CN(CC(=O)OCc1csc2ccccc12)S(=O)(=O)c1ccc(F)cc1. The summed E-state index contributed by atoms with van der Waals surface area (Å²) in [6.45, 7) is -0.352. The fourth-order valence-corrected chi connectivity index (χ4v) is 4.46. The third-order valence-corrected chi connectivity index (χ3v) is 6.65. The van der Waals surface area contributed by atoms with Gasteiger partial charge in [-0.1, -0.05) is 18.2 Å². The maximum absolute atomic E-state index is 13.0. The Morgan fingerprint density at radius 2 is 1.85 bits per heavy atom. The summed E-state index contributed by atoms with van der Waals surface area (Å²) in [6.07, 6.45) is 0. The van der Waals surface area contributed by atoms with Gasteiger partial charge in [0.15, 0.2) is 0 Å². The number of hydrogen-bond acceptors (Lipinski definition) is 5. The summed E-state index contributed by atoms with van der Waals surface area (Å²) in [5, 5.41) is 2.93. The van der Waals surface area contributed by atoms with Crippen LogP contribution in [0.25, 0.3) is 10.1 Å². The molecular formula is C18H16FNO4S2. The number of rotatable bonds is 6. The second-order valence-corrected chi connectivity index (χ2v) is 8.59. The lowest BCUT2D eigenvalue weighted by Gasteiger charge is -2.16. The average Bonchev–Trinajstić information content (AvgIpc) is 3.03. The van der Waals surface area contributed by atoms with Crippen LogP contribution in [0.3, 0.4) is 0 Å². The van der Waals surface area contributed by atoms with Crippen LogP contribution in [-0.4, -0.2) is 32.3 Å². The number of sulfonamides is 1. The van der Waals surface area contributed by atoms with E-state index in [2.05, 4.69) is 0 Å². The number of halogens is 1. The smallest absolute Gasteiger partial charge is 0.321 e. The molecule has 0 unspecified atom stereocenters. The first-order chi connectivity index (χ1) is 12.4. The van der Waals surface area contributed by atoms with Crippen LogP contribution in [0, 0.1) is 5.82 Å². The maximum Gasteiger partial charge on any atom is 0.321 e. The molecule has 0 amide bonds. The number of benzene rings is 2. The lowest BCUT2D eigenvalue weighted by molar-refractivity contribution is -0.144. The van der Waals surface area contributed by atoms with Crippen molar-refractivity contribution < 1.29 is 22.3 Å². The van der Waals surface area contributed by atoms with E-state index >= 15 is 0 Å². The van der Waals surface area contributed by atoms with E-state index < -0.39 is 28.4 Å². The van der Waals surface area contributed by atoms with Crippen molar-refractivity contribution in [2.75, 3.05) is 13.6 Å². The molecule has 0 aliphatic heterocycles. The Kier molecular flexibility index (Phi) is 5.36. The fourth-order valence-electron chi connectivity index (χ4n) is 2.40. The van der Waals surface area contributed by atoms with Crippen LogP contribution in [-0.2, 0) is 26.2 Å². The van der Waals surface area contributed by atoms with Gasteiger partial charge < -0.3 is 4.74 Å². The number of nitrogens with zero attached hydrogens (tertiary/aromatic N) is 1. The van der Waals surface area contributed by atoms with Gasteiger partial charge in [-0.15, -0.1) is 11.3 Å². The molecule has 3 rings (SSSR count). The first kappa shape index (κ1) is 18.5. The van der Waals surface area contributed by atoms with Crippen molar-refractivity contribution in [3.63, 3.8) is 0 Å². The van der Waals surface area contributed by atoms with Gasteiger partial charge in [0.2, 0.25) is 10.0 Å². The summed E-state index contributed by atoms with van der Waals surface area (Å²) in [4.78, 5) is 11.9. The highest BCUT2D eigenvalue weighted by Crippen LogP contribution is 2.26. The number of ether oxygens (including phenoxy) is 1. The van der Waals surface area contributed by atoms with Gasteiger partial charge in [-0.3, -0.25) is 4.79 Å². The quantitative estimate of drug-likeness (QED) is 0.602. The van der Waals surface area contributed by atoms with Crippen LogP contribution in [0.1, 0.15) is 5.56 Å². The highest BCUT2D eigenvalue weighted by Gasteiger charge is 2.23. The summed E-state index contributed by atoms with van der Waals surface area (Å²) in [7, 11) is -2.61.